The van der Waals surface area contributed by atoms with Crippen LogP contribution in [0.1, 0.15) is 30.1 Å². The van der Waals surface area contributed by atoms with Crippen LogP contribution in [0.4, 0.5) is 11.5 Å². The molecule has 0 spiro atoms. The minimum absolute atomic E-state index is 0.239. The summed E-state index contributed by atoms with van der Waals surface area (Å²) >= 11 is 0. The molecule has 0 saturated carbocycles. The highest BCUT2D eigenvalue weighted by Gasteiger charge is 2.21. The van der Waals surface area contributed by atoms with E-state index < -0.39 is 0 Å². The summed E-state index contributed by atoms with van der Waals surface area (Å²) in [7, 11) is 3.12. The number of piperidine rings is 1. The highest BCUT2D eigenvalue weighted by molar-refractivity contribution is 6.04. The number of carbonyl (C=O) groups is 1. The molecule has 0 radical (unpaired) electrons. The lowest BCUT2D eigenvalue weighted by molar-refractivity contribution is 0.102. The van der Waals surface area contributed by atoms with Gasteiger partial charge in [-0.15, -0.1) is 0 Å². The van der Waals surface area contributed by atoms with E-state index in [2.05, 4.69) is 27.1 Å². The van der Waals surface area contributed by atoms with Gasteiger partial charge in [0.2, 0.25) is 0 Å². The number of rotatable bonds is 7. The zero-order chi connectivity index (χ0) is 23.2. The third kappa shape index (κ3) is 5.34. The van der Waals surface area contributed by atoms with E-state index in [1.54, 1.807) is 69.1 Å². The average molecular weight is 449 g/mol. The van der Waals surface area contributed by atoms with Crippen molar-refractivity contribution in [2.45, 2.75) is 19.8 Å². The molecule has 1 fully saturated rings. The molecule has 8 heteroatoms. The van der Waals surface area contributed by atoms with Gasteiger partial charge < -0.3 is 24.4 Å². The Kier molecular flexibility index (Phi) is 6.92. The van der Waals surface area contributed by atoms with Gasteiger partial charge in [-0.1, -0.05) is 6.92 Å². The van der Waals surface area contributed by atoms with Crippen molar-refractivity contribution in [2.75, 3.05) is 37.5 Å². The Balaban J connectivity index is 1.43. The van der Waals surface area contributed by atoms with E-state index in [4.69, 9.17) is 14.2 Å². The standard InChI is InChI=1S/C25H28N4O4/c1-17-10-14-29(15-11-17)23-25(27-13-12-26-23)33-20-7-4-18(5-8-20)24(30)28-19-6-9-21(31-2)22(16-19)32-3/h4-9,12-13,16-17H,10-11,14-15H2,1-3H3,(H,28,30). The second kappa shape index (κ2) is 10.2. The lowest BCUT2D eigenvalue weighted by atomic mass is 9.99. The zero-order valence-electron chi connectivity index (χ0n) is 19.1. The Morgan fingerprint density at radius 2 is 1.67 bits per heavy atom. The quantitative estimate of drug-likeness (QED) is 0.557. The molecule has 1 aromatic heterocycles. The molecule has 0 aliphatic carbocycles. The molecule has 1 aliphatic heterocycles. The second-order valence-electron chi connectivity index (χ2n) is 8.00. The monoisotopic (exact) mass is 448 g/mol. The van der Waals surface area contributed by atoms with Crippen LogP contribution in [-0.4, -0.2) is 43.2 Å². The van der Waals surface area contributed by atoms with Gasteiger partial charge in [-0.3, -0.25) is 4.79 Å². The zero-order valence-corrected chi connectivity index (χ0v) is 19.1. The smallest absolute Gasteiger partial charge is 0.263 e. The fraction of sp³-hybridized carbons (Fsp3) is 0.320. The number of carbonyl (C=O) groups excluding carboxylic acids is 1. The van der Waals surface area contributed by atoms with Gasteiger partial charge in [0.05, 0.1) is 14.2 Å². The van der Waals surface area contributed by atoms with Crippen LogP contribution in [-0.2, 0) is 0 Å². The van der Waals surface area contributed by atoms with Crippen molar-refractivity contribution in [3.05, 3.63) is 60.4 Å². The molecule has 0 bridgehead atoms. The topological polar surface area (TPSA) is 85.8 Å². The van der Waals surface area contributed by atoms with Crippen molar-refractivity contribution < 1.29 is 19.0 Å². The number of hydrogen-bond acceptors (Lipinski definition) is 7. The van der Waals surface area contributed by atoms with Crippen LogP contribution < -0.4 is 24.4 Å². The van der Waals surface area contributed by atoms with Crippen LogP contribution in [0.2, 0.25) is 0 Å². The Hall–Kier alpha value is -3.81. The van der Waals surface area contributed by atoms with Crippen molar-refractivity contribution in [3.8, 4) is 23.1 Å². The first kappa shape index (κ1) is 22.4. The molecule has 1 saturated heterocycles. The molecular weight excluding hydrogens is 420 g/mol. The summed E-state index contributed by atoms with van der Waals surface area (Å²) in [4.78, 5) is 23.8. The van der Waals surface area contributed by atoms with Gasteiger partial charge in [0, 0.05) is 42.8 Å². The van der Waals surface area contributed by atoms with Crippen molar-refractivity contribution in [1.29, 1.82) is 0 Å². The lowest BCUT2D eigenvalue weighted by Gasteiger charge is -2.31. The molecule has 0 unspecified atom stereocenters. The molecule has 1 amide bonds. The largest absolute Gasteiger partial charge is 0.493 e. The maximum atomic E-state index is 12.7. The van der Waals surface area contributed by atoms with Gasteiger partial charge in [-0.05, 0) is 55.2 Å². The van der Waals surface area contributed by atoms with E-state index in [0.29, 0.717) is 34.4 Å². The molecule has 1 N–H and O–H groups in total. The maximum Gasteiger partial charge on any atom is 0.263 e. The number of benzene rings is 2. The molecule has 1 aliphatic rings. The van der Waals surface area contributed by atoms with Crippen molar-refractivity contribution >= 4 is 17.4 Å². The summed E-state index contributed by atoms with van der Waals surface area (Å²) in [5.74, 6) is 3.43. The minimum atomic E-state index is -0.239. The normalized spacial score (nSPS) is 14.0. The Bertz CT molecular complexity index is 1100. The van der Waals surface area contributed by atoms with Gasteiger partial charge in [0.25, 0.3) is 11.8 Å². The number of nitrogens with one attached hydrogen (secondary N) is 1. The van der Waals surface area contributed by atoms with Gasteiger partial charge in [-0.25, -0.2) is 9.97 Å². The number of amides is 1. The van der Waals surface area contributed by atoms with Gasteiger partial charge in [-0.2, -0.15) is 0 Å². The fourth-order valence-electron chi connectivity index (χ4n) is 3.73. The van der Waals surface area contributed by atoms with Gasteiger partial charge >= 0.3 is 0 Å². The van der Waals surface area contributed by atoms with Crippen molar-refractivity contribution in [1.82, 2.24) is 9.97 Å². The molecular formula is C25H28N4O4. The van der Waals surface area contributed by atoms with E-state index >= 15 is 0 Å². The molecule has 0 atom stereocenters. The van der Waals surface area contributed by atoms with Crippen LogP contribution in [0.5, 0.6) is 23.1 Å². The second-order valence-corrected chi connectivity index (χ2v) is 8.00. The average Bonchev–Trinajstić information content (AvgIpc) is 2.85. The van der Waals surface area contributed by atoms with Crippen LogP contribution in [0.25, 0.3) is 0 Å². The molecule has 3 aromatic rings. The van der Waals surface area contributed by atoms with Crippen molar-refractivity contribution in [3.63, 3.8) is 0 Å². The van der Waals surface area contributed by atoms with E-state index in [9.17, 15) is 4.79 Å². The summed E-state index contributed by atoms with van der Waals surface area (Å²) in [5.41, 5.74) is 1.11. The number of aromatic nitrogens is 2. The van der Waals surface area contributed by atoms with Gasteiger partial charge in [0.1, 0.15) is 5.75 Å². The first-order chi connectivity index (χ1) is 16.1. The Morgan fingerprint density at radius 3 is 2.36 bits per heavy atom. The minimum Gasteiger partial charge on any atom is -0.493 e. The third-order valence-electron chi connectivity index (χ3n) is 5.70. The van der Waals surface area contributed by atoms with E-state index in [1.165, 1.54) is 0 Å². The summed E-state index contributed by atoms with van der Waals surface area (Å²) in [6, 6.07) is 12.1. The highest BCUT2D eigenvalue weighted by Crippen LogP contribution is 2.32. The lowest BCUT2D eigenvalue weighted by Crippen LogP contribution is -2.33. The summed E-state index contributed by atoms with van der Waals surface area (Å²) < 4.78 is 16.5. The number of anilines is 2. The summed E-state index contributed by atoms with van der Waals surface area (Å²) in [5, 5.41) is 2.86. The highest BCUT2D eigenvalue weighted by atomic mass is 16.5. The maximum absolute atomic E-state index is 12.7. The van der Waals surface area contributed by atoms with E-state index in [-0.39, 0.29) is 5.91 Å². The predicted octanol–water partition coefficient (Wildman–Crippen LogP) is 4.77. The number of methoxy groups -OCH3 is 2. The van der Waals surface area contributed by atoms with Crippen LogP contribution in [0.15, 0.2) is 54.9 Å². The van der Waals surface area contributed by atoms with Crippen molar-refractivity contribution in [2.24, 2.45) is 5.92 Å². The van der Waals surface area contributed by atoms with Crippen LogP contribution >= 0.6 is 0 Å². The first-order valence-corrected chi connectivity index (χ1v) is 10.9. The Labute approximate surface area is 193 Å². The number of nitrogens with zero attached hydrogens (tertiary/aromatic N) is 3. The summed E-state index contributed by atoms with van der Waals surface area (Å²) in [6.07, 6.45) is 5.55. The molecule has 8 nitrogen and oxygen atoms in total. The SMILES string of the molecule is COc1ccc(NC(=O)c2ccc(Oc3nccnc3N3CCC(C)CC3)cc2)cc1OC. The van der Waals surface area contributed by atoms with Crippen LogP contribution in [0, 0.1) is 5.92 Å². The first-order valence-electron chi connectivity index (χ1n) is 10.9. The molecule has 33 heavy (non-hydrogen) atoms. The third-order valence-corrected chi connectivity index (χ3v) is 5.70. The van der Waals surface area contributed by atoms with E-state index in [0.717, 1.165) is 37.7 Å². The van der Waals surface area contributed by atoms with Gasteiger partial charge in [0.15, 0.2) is 17.3 Å². The number of ether oxygens (including phenoxy) is 3. The molecule has 2 heterocycles. The number of hydrogen-bond donors (Lipinski definition) is 1. The fourth-order valence-corrected chi connectivity index (χ4v) is 3.73. The van der Waals surface area contributed by atoms with Crippen LogP contribution in [0.3, 0.4) is 0 Å². The molecule has 172 valence electrons. The predicted molar refractivity (Wildman–Crippen MR) is 127 cm³/mol. The molecule has 4 rings (SSSR count). The summed E-state index contributed by atoms with van der Waals surface area (Å²) in [6.45, 7) is 4.14. The Morgan fingerprint density at radius 1 is 0.970 bits per heavy atom. The molecule has 2 aromatic carbocycles. The van der Waals surface area contributed by atoms with E-state index in [1.807, 2.05) is 0 Å².